The first kappa shape index (κ1) is 19.9. The molecular weight excluding hydrogens is 328 g/mol. The van der Waals surface area contributed by atoms with Crippen molar-refractivity contribution in [1.82, 2.24) is 0 Å². The van der Waals surface area contributed by atoms with Crippen LogP contribution in [0.25, 0.3) is 0 Å². The Morgan fingerprint density at radius 1 is 0.917 bits per heavy atom. The van der Waals surface area contributed by atoms with Crippen LogP contribution in [0.3, 0.4) is 0 Å². The highest BCUT2D eigenvalue weighted by molar-refractivity contribution is 4.99. The molecule has 0 aromatic carbocycles. The monoisotopic (exact) mass is 354 g/mol. The van der Waals surface area contributed by atoms with E-state index in [1.54, 1.807) is 6.92 Å². The van der Waals surface area contributed by atoms with Crippen molar-refractivity contribution in [3.05, 3.63) is 0 Å². The summed E-state index contributed by atoms with van der Waals surface area (Å²) in [5.41, 5.74) is 0. The summed E-state index contributed by atoms with van der Waals surface area (Å²) in [6, 6.07) is 0. The third-order valence-electron chi connectivity index (χ3n) is 4.59. The van der Waals surface area contributed by atoms with Crippen molar-refractivity contribution in [3.63, 3.8) is 0 Å². The lowest BCUT2D eigenvalue weighted by atomic mass is 9.91. The Morgan fingerprint density at radius 2 is 1.54 bits per heavy atom. The Morgan fingerprint density at radius 3 is 2.08 bits per heavy atom. The highest BCUT2D eigenvalue weighted by atomic mass is 16.8. The lowest BCUT2D eigenvalue weighted by Gasteiger charge is -2.49. The second kappa shape index (κ2) is 7.46. The third-order valence-corrected chi connectivity index (χ3v) is 4.59. The molecule has 142 valence electrons. The van der Waals surface area contributed by atoms with E-state index in [1.807, 2.05) is 0 Å². The molecule has 2 aliphatic rings. The van der Waals surface area contributed by atoms with Crippen LogP contribution >= 0.6 is 0 Å². The second-order valence-corrected chi connectivity index (χ2v) is 6.24. The summed E-state index contributed by atoms with van der Waals surface area (Å²) in [5, 5.41) is 69.9. The smallest absolute Gasteiger partial charge is 0.226 e. The lowest BCUT2D eigenvalue weighted by molar-refractivity contribution is -0.423. The van der Waals surface area contributed by atoms with Gasteiger partial charge in [0.25, 0.3) is 0 Å². The molecule has 10 nitrogen and oxygen atoms in total. The fourth-order valence-corrected chi connectivity index (χ4v) is 3.02. The number of aliphatic hydroxyl groups excluding tert-OH is 6. The van der Waals surface area contributed by atoms with E-state index in [4.69, 9.17) is 14.2 Å². The average molecular weight is 354 g/mol. The van der Waals surface area contributed by atoms with Gasteiger partial charge in [0.2, 0.25) is 5.79 Å². The van der Waals surface area contributed by atoms with Crippen molar-refractivity contribution >= 4 is 0 Å². The topological polar surface area (TPSA) is 169 Å². The molecule has 24 heavy (non-hydrogen) atoms. The molecule has 0 radical (unpaired) electrons. The van der Waals surface area contributed by atoms with Gasteiger partial charge in [-0.2, -0.15) is 0 Å². The first-order valence-corrected chi connectivity index (χ1v) is 7.89. The molecule has 10 atom stereocenters. The van der Waals surface area contributed by atoms with Gasteiger partial charge in [-0.25, -0.2) is 0 Å². The first-order chi connectivity index (χ1) is 11.2. The Kier molecular flexibility index (Phi) is 6.19. The van der Waals surface area contributed by atoms with Crippen LogP contribution in [-0.4, -0.2) is 103 Å². The van der Waals surface area contributed by atoms with Crippen LogP contribution in [-0.2, 0) is 14.2 Å². The molecule has 2 fully saturated rings. The number of ether oxygens (including phenoxy) is 3. The molecule has 4 unspecified atom stereocenters. The number of rotatable bonds is 4. The Balaban J connectivity index is 2.22. The molecule has 2 rings (SSSR count). The van der Waals surface area contributed by atoms with Crippen LogP contribution in [0, 0.1) is 0 Å². The molecule has 2 aliphatic heterocycles. The molecule has 0 spiro atoms. The normalized spacial score (nSPS) is 53.1. The molecule has 0 aliphatic carbocycles. The molecule has 2 saturated heterocycles. The largest absolute Gasteiger partial charge is 0.394 e. The van der Waals surface area contributed by atoms with E-state index in [9.17, 15) is 35.7 Å². The first-order valence-electron chi connectivity index (χ1n) is 7.89. The highest BCUT2D eigenvalue weighted by Crippen LogP contribution is 2.35. The van der Waals surface area contributed by atoms with Crippen molar-refractivity contribution in [2.24, 2.45) is 0 Å². The zero-order valence-electron chi connectivity index (χ0n) is 13.5. The predicted octanol–water partition coefficient (Wildman–Crippen LogP) is -3.59. The van der Waals surface area contributed by atoms with Crippen LogP contribution < -0.4 is 0 Å². The van der Waals surface area contributed by atoms with Crippen molar-refractivity contribution in [3.8, 4) is 0 Å². The van der Waals surface area contributed by atoms with Gasteiger partial charge in [0, 0.05) is 0 Å². The van der Waals surface area contributed by atoms with Crippen LogP contribution in [0.1, 0.15) is 20.3 Å². The Bertz CT molecular complexity index is 420. The van der Waals surface area contributed by atoms with E-state index in [2.05, 4.69) is 0 Å². The SMILES string of the molecule is CCC1O[C@@H](O[C@@]2(O)C(O)[C@H](C)OC(CO)[C@H]2O)C(O)[C@H](O)[C@@H]1O. The van der Waals surface area contributed by atoms with Gasteiger partial charge in [-0.1, -0.05) is 6.92 Å². The quantitative estimate of drug-likeness (QED) is 0.250. The standard InChI is InChI=1S/C14H26O10/c1-3-6-8(16)9(17)10(18)13(23-6)24-14(21)11(19)5(2)22-7(4-15)12(14)20/h5-13,15-21H,3-4H2,1-2H3/t5-,6?,7?,8+,9+,10?,11?,12+,13-,14-/m0/s1. The minimum Gasteiger partial charge on any atom is -0.394 e. The van der Waals surface area contributed by atoms with Gasteiger partial charge in [-0.05, 0) is 13.3 Å². The zero-order chi connectivity index (χ0) is 18.2. The van der Waals surface area contributed by atoms with Crippen LogP contribution in [0.5, 0.6) is 0 Å². The molecular formula is C14H26O10. The summed E-state index contributed by atoms with van der Waals surface area (Å²) in [5.74, 6) is -2.61. The number of hydrogen-bond donors (Lipinski definition) is 7. The maximum Gasteiger partial charge on any atom is 0.226 e. The average Bonchev–Trinajstić information content (AvgIpc) is 2.57. The van der Waals surface area contributed by atoms with Crippen LogP contribution in [0.2, 0.25) is 0 Å². The van der Waals surface area contributed by atoms with E-state index in [1.165, 1.54) is 6.92 Å². The second-order valence-electron chi connectivity index (χ2n) is 6.24. The fourth-order valence-electron chi connectivity index (χ4n) is 3.02. The molecule has 0 aromatic rings. The maximum atomic E-state index is 10.6. The fraction of sp³-hybridized carbons (Fsp3) is 1.00. The van der Waals surface area contributed by atoms with Gasteiger partial charge in [0.05, 0.1) is 18.8 Å². The van der Waals surface area contributed by atoms with E-state index >= 15 is 0 Å². The van der Waals surface area contributed by atoms with Crippen LogP contribution in [0.15, 0.2) is 0 Å². The Hall–Kier alpha value is -0.400. The van der Waals surface area contributed by atoms with Crippen molar-refractivity contribution in [2.45, 2.75) is 81.2 Å². The molecule has 0 bridgehead atoms. The lowest BCUT2D eigenvalue weighted by Crippen LogP contribution is -2.70. The molecule has 0 aromatic heterocycles. The predicted molar refractivity (Wildman–Crippen MR) is 76.4 cm³/mol. The van der Waals surface area contributed by atoms with Crippen molar-refractivity contribution in [1.29, 1.82) is 0 Å². The van der Waals surface area contributed by atoms with E-state index in [0.717, 1.165) is 0 Å². The highest BCUT2D eigenvalue weighted by Gasteiger charge is 2.58. The minimum atomic E-state index is -2.61. The number of aliphatic hydroxyl groups is 7. The zero-order valence-corrected chi connectivity index (χ0v) is 13.5. The van der Waals surface area contributed by atoms with Crippen molar-refractivity contribution in [2.75, 3.05) is 6.61 Å². The molecule has 10 heteroatoms. The molecule has 0 saturated carbocycles. The Labute approximate surface area is 138 Å². The third kappa shape index (κ3) is 3.31. The molecule has 0 amide bonds. The summed E-state index contributed by atoms with van der Waals surface area (Å²) in [6.45, 7) is 2.43. The summed E-state index contributed by atoms with van der Waals surface area (Å²) < 4.78 is 15.7. The maximum absolute atomic E-state index is 10.6. The molecule has 2 heterocycles. The van der Waals surface area contributed by atoms with Crippen molar-refractivity contribution < 1.29 is 50.0 Å². The minimum absolute atomic E-state index is 0.285. The van der Waals surface area contributed by atoms with Gasteiger partial charge in [0.1, 0.15) is 36.6 Å². The summed E-state index contributed by atoms with van der Waals surface area (Å²) >= 11 is 0. The molecule has 7 N–H and O–H groups in total. The van der Waals surface area contributed by atoms with Crippen LogP contribution in [0.4, 0.5) is 0 Å². The summed E-state index contributed by atoms with van der Waals surface area (Å²) in [6.07, 6.45) is -12.7. The van der Waals surface area contributed by atoms with Gasteiger partial charge in [-0.15, -0.1) is 0 Å². The van der Waals surface area contributed by atoms with Gasteiger partial charge in [0.15, 0.2) is 6.29 Å². The van der Waals surface area contributed by atoms with Gasteiger partial charge in [-0.3, -0.25) is 0 Å². The van der Waals surface area contributed by atoms with Gasteiger partial charge < -0.3 is 50.0 Å². The van der Waals surface area contributed by atoms with E-state index in [-0.39, 0.29) is 6.42 Å². The van der Waals surface area contributed by atoms with E-state index in [0.29, 0.717) is 0 Å². The summed E-state index contributed by atoms with van der Waals surface area (Å²) in [7, 11) is 0. The number of hydrogen-bond acceptors (Lipinski definition) is 10. The van der Waals surface area contributed by atoms with Gasteiger partial charge >= 0.3 is 0 Å². The summed E-state index contributed by atoms with van der Waals surface area (Å²) in [4.78, 5) is 0. The van der Waals surface area contributed by atoms with E-state index < -0.39 is 67.5 Å².